The molecule has 246 valence electrons. The maximum atomic E-state index is 13.8. The fourth-order valence-corrected chi connectivity index (χ4v) is 6.21. The Morgan fingerprint density at radius 2 is 1.53 bits per heavy atom. The third-order valence-corrected chi connectivity index (χ3v) is 9.06. The van der Waals surface area contributed by atoms with E-state index in [-0.39, 0.29) is 41.3 Å². The van der Waals surface area contributed by atoms with Crippen LogP contribution in [0, 0.1) is 11.6 Å². The Hall–Kier alpha value is -4.81. The molecule has 4 aromatic carbocycles. The van der Waals surface area contributed by atoms with Crippen molar-refractivity contribution in [1.29, 1.82) is 0 Å². The average molecular weight is 664 g/mol. The van der Waals surface area contributed by atoms with Gasteiger partial charge in [-0.2, -0.15) is 0 Å². The minimum Gasteiger partial charge on any atom is -0.484 e. The van der Waals surface area contributed by atoms with Gasteiger partial charge in [0.15, 0.2) is 6.61 Å². The summed E-state index contributed by atoms with van der Waals surface area (Å²) in [6, 6.07) is 24.4. The molecule has 5 rings (SSSR count). The van der Waals surface area contributed by atoms with E-state index in [1.807, 2.05) is 30.3 Å². The molecule has 0 aliphatic carbocycles. The van der Waals surface area contributed by atoms with Crippen LogP contribution in [0.4, 0.5) is 14.5 Å². The largest absolute Gasteiger partial charge is 0.484 e. The molecule has 4 aromatic rings. The second kappa shape index (κ2) is 15.7. The molecular formula is C35H35F2N3O6S. The lowest BCUT2D eigenvalue weighted by molar-refractivity contribution is -0.143. The lowest BCUT2D eigenvalue weighted by Gasteiger charge is -2.31. The number of ether oxygens (including phenoxy) is 2. The fraction of sp³-hybridized carbons (Fsp3) is 0.257. The van der Waals surface area contributed by atoms with E-state index < -0.39 is 40.2 Å². The maximum absolute atomic E-state index is 13.8. The number of nitrogens with zero attached hydrogens (tertiary/aromatic N) is 1. The van der Waals surface area contributed by atoms with Gasteiger partial charge >= 0.3 is 0 Å². The van der Waals surface area contributed by atoms with Gasteiger partial charge in [-0.3, -0.25) is 14.3 Å². The molecule has 0 unspecified atom stereocenters. The molecule has 1 fully saturated rings. The molecule has 2 atom stereocenters. The third-order valence-electron chi connectivity index (χ3n) is 7.66. The summed E-state index contributed by atoms with van der Waals surface area (Å²) in [5.41, 5.74) is 1.66. The summed E-state index contributed by atoms with van der Waals surface area (Å²) < 4.78 is 66.3. The molecule has 2 N–H and O–H groups in total. The van der Waals surface area contributed by atoms with Crippen molar-refractivity contribution in [3.63, 3.8) is 0 Å². The normalized spacial score (nSPS) is 15.1. The van der Waals surface area contributed by atoms with Gasteiger partial charge in [-0.1, -0.05) is 42.5 Å². The van der Waals surface area contributed by atoms with Gasteiger partial charge < -0.3 is 19.7 Å². The molecular weight excluding hydrogens is 628 g/mol. The first kappa shape index (κ1) is 33.6. The summed E-state index contributed by atoms with van der Waals surface area (Å²) in [5, 5.41) is 2.95. The van der Waals surface area contributed by atoms with Gasteiger partial charge in [0.05, 0.1) is 11.0 Å². The molecule has 47 heavy (non-hydrogen) atoms. The Balaban J connectivity index is 1.32. The van der Waals surface area contributed by atoms with E-state index in [9.17, 15) is 26.8 Å². The van der Waals surface area contributed by atoms with E-state index in [1.54, 1.807) is 12.1 Å². The summed E-state index contributed by atoms with van der Waals surface area (Å²) in [7, 11) is -3.97. The van der Waals surface area contributed by atoms with Gasteiger partial charge in [-0.15, -0.1) is 0 Å². The van der Waals surface area contributed by atoms with Crippen molar-refractivity contribution in [3.8, 4) is 5.75 Å². The zero-order chi connectivity index (χ0) is 33.2. The lowest BCUT2D eigenvalue weighted by atomic mass is 10.0. The van der Waals surface area contributed by atoms with Crippen molar-refractivity contribution in [2.75, 3.05) is 24.5 Å². The van der Waals surface area contributed by atoms with Crippen LogP contribution in [-0.4, -0.2) is 57.0 Å². The lowest BCUT2D eigenvalue weighted by Crippen LogP contribution is -2.52. The zero-order valence-electron chi connectivity index (χ0n) is 25.5. The number of hydrogen-bond donors (Lipinski definition) is 2. The van der Waals surface area contributed by atoms with Crippen LogP contribution in [0.15, 0.2) is 108 Å². The number of benzene rings is 4. The van der Waals surface area contributed by atoms with Crippen molar-refractivity contribution in [1.82, 2.24) is 10.2 Å². The number of carbonyl (C=O) groups excluding carboxylic acids is 2. The molecule has 9 nitrogen and oxygen atoms in total. The predicted octanol–water partition coefficient (Wildman–Crippen LogP) is 5.08. The summed E-state index contributed by atoms with van der Waals surface area (Å²) in [6.45, 7) is 0.508. The second-order valence-electron chi connectivity index (χ2n) is 11.1. The Labute approximate surface area is 272 Å². The summed E-state index contributed by atoms with van der Waals surface area (Å²) in [4.78, 5) is 28.9. The molecule has 2 amide bonds. The first-order chi connectivity index (χ1) is 22.7. The molecule has 12 heteroatoms. The molecule has 0 aromatic heterocycles. The quantitative estimate of drug-likeness (QED) is 0.195. The zero-order valence-corrected chi connectivity index (χ0v) is 26.3. The Kier molecular flexibility index (Phi) is 11.2. The number of hydrogen-bond acceptors (Lipinski definition) is 6. The average Bonchev–Trinajstić information content (AvgIpc) is 3.60. The van der Waals surface area contributed by atoms with Gasteiger partial charge in [0.2, 0.25) is 5.91 Å². The molecule has 1 saturated heterocycles. The number of nitrogens with one attached hydrogen (secondary N) is 2. The number of halogens is 2. The van der Waals surface area contributed by atoms with Crippen LogP contribution in [0.2, 0.25) is 0 Å². The van der Waals surface area contributed by atoms with Gasteiger partial charge in [0.25, 0.3) is 15.9 Å². The van der Waals surface area contributed by atoms with Crippen LogP contribution in [0.25, 0.3) is 0 Å². The number of sulfonamides is 1. The van der Waals surface area contributed by atoms with Crippen LogP contribution in [-0.2, 0) is 37.3 Å². The molecule has 0 saturated carbocycles. The molecule has 1 aliphatic rings. The third kappa shape index (κ3) is 9.60. The van der Waals surface area contributed by atoms with Gasteiger partial charge in [0.1, 0.15) is 23.4 Å². The van der Waals surface area contributed by atoms with Crippen LogP contribution in [0.1, 0.15) is 24.0 Å². The standard InChI is InChI=1S/C35H35F2N3O6S/c36-27-10-8-26(9-11-27)23-40(33(21-25-5-2-1-3-6-25)35(42)38-22-31-7-4-20-45-31)34(41)24-46-30-16-18-32(19-17-30)47(43,44)39-29-14-12-28(37)13-15-29/h1-3,5-6,8-19,31,33,39H,4,7,20-24H2,(H,38,42)/t31-,33-/m0/s1. The van der Waals surface area contributed by atoms with Crippen molar-refractivity contribution in [2.24, 2.45) is 0 Å². The molecule has 0 bridgehead atoms. The van der Waals surface area contributed by atoms with E-state index in [4.69, 9.17) is 9.47 Å². The smallest absolute Gasteiger partial charge is 0.261 e. The second-order valence-corrected chi connectivity index (χ2v) is 12.8. The monoisotopic (exact) mass is 663 g/mol. The van der Waals surface area contributed by atoms with E-state index >= 15 is 0 Å². The van der Waals surface area contributed by atoms with Crippen molar-refractivity contribution < 1.29 is 36.3 Å². The van der Waals surface area contributed by atoms with Crippen LogP contribution < -0.4 is 14.8 Å². The highest BCUT2D eigenvalue weighted by atomic mass is 32.2. The van der Waals surface area contributed by atoms with E-state index in [0.717, 1.165) is 30.5 Å². The van der Waals surface area contributed by atoms with E-state index in [2.05, 4.69) is 10.0 Å². The Bertz CT molecular complexity index is 1730. The Morgan fingerprint density at radius 1 is 0.872 bits per heavy atom. The maximum Gasteiger partial charge on any atom is 0.261 e. The predicted molar refractivity (Wildman–Crippen MR) is 172 cm³/mol. The summed E-state index contributed by atoms with van der Waals surface area (Å²) in [5.74, 6) is -1.56. The van der Waals surface area contributed by atoms with Crippen LogP contribution in [0.3, 0.4) is 0 Å². The van der Waals surface area contributed by atoms with Crippen molar-refractivity contribution >= 4 is 27.5 Å². The topological polar surface area (TPSA) is 114 Å². The van der Waals surface area contributed by atoms with E-state index in [1.165, 1.54) is 53.4 Å². The van der Waals surface area contributed by atoms with Gasteiger partial charge in [-0.05, 0) is 84.6 Å². The van der Waals surface area contributed by atoms with Crippen LogP contribution >= 0.6 is 0 Å². The number of carbonyl (C=O) groups is 2. The number of anilines is 1. The van der Waals surface area contributed by atoms with Crippen molar-refractivity contribution in [3.05, 3.63) is 126 Å². The molecule has 0 radical (unpaired) electrons. The summed E-state index contributed by atoms with van der Waals surface area (Å²) in [6.07, 6.45) is 1.87. The fourth-order valence-electron chi connectivity index (χ4n) is 5.15. The van der Waals surface area contributed by atoms with Gasteiger partial charge in [0, 0.05) is 31.8 Å². The molecule has 0 spiro atoms. The van der Waals surface area contributed by atoms with Crippen LogP contribution in [0.5, 0.6) is 5.75 Å². The first-order valence-corrected chi connectivity index (χ1v) is 16.6. The minimum absolute atomic E-state index is 0.0135. The van der Waals surface area contributed by atoms with E-state index in [0.29, 0.717) is 18.7 Å². The first-order valence-electron chi connectivity index (χ1n) is 15.1. The SMILES string of the molecule is O=C(NC[C@@H]1CCCO1)[C@H](Cc1ccccc1)N(Cc1ccc(F)cc1)C(=O)COc1ccc(S(=O)(=O)Nc2ccc(F)cc2)cc1. The minimum atomic E-state index is -3.97. The van der Waals surface area contributed by atoms with Gasteiger partial charge in [-0.25, -0.2) is 17.2 Å². The molecule has 1 heterocycles. The highest BCUT2D eigenvalue weighted by Gasteiger charge is 2.31. The molecule has 1 aliphatic heterocycles. The number of rotatable bonds is 14. The number of amides is 2. The summed E-state index contributed by atoms with van der Waals surface area (Å²) >= 11 is 0. The Morgan fingerprint density at radius 3 is 2.17 bits per heavy atom. The van der Waals surface area contributed by atoms with Crippen molar-refractivity contribution in [2.45, 2.75) is 42.8 Å². The highest BCUT2D eigenvalue weighted by Crippen LogP contribution is 2.21. The highest BCUT2D eigenvalue weighted by molar-refractivity contribution is 7.92.